The minimum Gasteiger partial charge on any atom is -0.480 e. The van der Waals surface area contributed by atoms with Crippen molar-refractivity contribution in [2.24, 2.45) is 0 Å². The molecule has 1 atom stereocenters. The van der Waals surface area contributed by atoms with Crippen LogP contribution in [0, 0.1) is 13.8 Å². The number of carboxylic acid groups (broad SMARTS) is 1. The molecule has 2 aromatic rings. The lowest BCUT2D eigenvalue weighted by Crippen LogP contribution is -2.51. The molecule has 1 amide bonds. The van der Waals surface area contributed by atoms with Crippen LogP contribution in [-0.2, 0) is 28.4 Å². The predicted molar refractivity (Wildman–Crippen MR) is 94.1 cm³/mol. The fourth-order valence-corrected chi connectivity index (χ4v) is 3.79. The number of aromatic nitrogens is 3. The zero-order valence-corrected chi connectivity index (χ0v) is 15.0. The monoisotopic (exact) mass is 360 g/mol. The van der Waals surface area contributed by atoms with Gasteiger partial charge in [0.1, 0.15) is 11.9 Å². The summed E-state index contributed by atoms with van der Waals surface area (Å²) in [4.78, 5) is 25.6. The maximum atomic E-state index is 12.6. The first kappa shape index (κ1) is 17.5. The van der Waals surface area contributed by atoms with Crippen molar-refractivity contribution in [1.29, 1.82) is 0 Å². The lowest BCUT2D eigenvalue weighted by atomic mass is 10.2. The third kappa shape index (κ3) is 3.84. The molecule has 25 heavy (non-hydrogen) atoms. The number of hydrogen-bond acceptors (Lipinski definition) is 5. The molecule has 0 bridgehead atoms. The number of carboxylic acids is 1. The van der Waals surface area contributed by atoms with Crippen LogP contribution in [0.15, 0.2) is 24.3 Å². The van der Waals surface area contributed by atoms with E-state index in [4.69, 9.17) is 0 Å². The van der Waals surface area contributed by atoms with Gasteiger partial charge in [-0.1, -0.05) is 29.8 Å². The number of amides is 1. The molecule has 1 aliphatic heterocycles. The molecular weight excluding hydrogens is 340 g/mol. The van der Waals surface area contributed by atoms with Gasteiger partial charge in [-0.15, -0.1) is 22.0 Å². The van der Waals surface area contributed by atoms with Crippen molar-refractivity contribution in [3.8, 4) is 0 Å². The van der Waals surface area contributed by atoms with Gasteiger partial charge < -0.3 is 14.6 Å². The Morgan fingerprint density at radius 2 is 2.12 bits per heavy atom. The average molecular weight is 360 g/mol. The van der Waals surface area contributed by atoms with E-state index in [9.17, 15) is 14.7 Å². The normalized spacial score (nSPS) is 16.6. The van der Waals surface area contributed by atoms with Crippen molar-refractivity contribution >= 4 is 23.6 Å². The molecule has 0 radical (unpaired) electrons. The van der Waals surface area contributed by atoms with Crippen molar-refractivity contribution in [3.05, 3.63) is 47.0 Å². The van der Waals surface area contributed by atoms with Crippen LogP contribution in [0.1, 0.15) is 22.8 Å². The molecule has 8 heteroatoms. The number of nitrogens with zero attached hydrogens (tertiary/aromatic N) is 4. The number of thioether (sulfide) groups is 1. The van der Waals surface area contributed by atoms with Crippen molar-refractivity contribution in [2.75, 3.05) is 5.75 Å². The zero-order chi connectivity index (χ0) is 18.0. The maximum Gasteiger partial charge on any atom is 0.328 e. The highest BCUT2D eigenvalue weighted by molar-refractivity contribution is 7.99. The Morgan fingerprint density at radius 3 is 2.84 bits per heavy atom. The van der Waals surface area contributed by atoms with Gasteiger partial charge >= 0.3 is 5.97 Å². The number of hydrogen-bond donors (Lipinski definition) is 1. The zero-order valence-electron chi connectivity index (χ0n) is 14.2. The maximum absolute atomic E-state index is 12.6. The van der Waals surface area contributed by atoms with Crippen LogP contribution >= 0.6 is 11.8 Å². The van der Waals surface area contributed by atoms with Crippen LogP contribution < -0.4 is 0 Å². The molecule has 0 aliphatic carbocycles. The minimum atomic E-state index is -1.00. The number of aliphatic carboxylic acids is 1. The number of aryl methyl sites for hydroxylation is 2. The minimum absolute atomic E-state index is 0.182. The van der Waals surface area contributed by atoms with Gasteiger partial charge in [0.2, 0.25) is 5.91 Å². The first-order valence-electron chi connectivity index (χ1n) is 8.00. The molecule has 1 aromatic heterocycles. The van der Waals surface area contributed by atoms with Crippen LogP contribution in [0.5, 0.6) is 0 Å². The number of fused-ring (bicyclic) bond motifs is 1. The number of rotatable bonds is 5. The topological polar surface area (TPSA) is 88.3 Å². The van der Waals surface area contributed by atoms with Gasteiger partial charge in [-0.05, 0) is 19.4 Å². The second-order valence-corrected chi connectivity index (χ2v) is 7.12. The van der Waals surface area contributed by atoms with Crippen LogP contribution in [0.2, 0.25) is 0 Å². The van der Waals surface area contributed by atoms with Crippen LogP contribution in [0.25, 0.3) is 0 Å². The Balaban J connectivity index is 1.64. The highest BCUT2D eigenvalue weighted by Gasteiger charge is 2.36. The number of carbonyl (C=O) groups is 2. The molecule has 0 fully saturated rings. The summed E-state index contributed by atoms with van der Waals surface area (Å²) in [5.74, 6) is 1.07. The fraction of sp³-hybridized carbons (Fsp3) is 0.412. The van der Waals surface area contributed by atoms with E-state index in [1.807, 2.05) is 25.1 Å². The molecule has 1 aromatic carbocycles. The molecule has 1 aliphatic rings. The lowest BCUT2D eigenvalue weighted by molar-refractivity contribution is -0.151. The van der Waals surface area contributed by atoms with E-state index in [2.05, 4.69) is 16.3 Å². The van der Waals surface area contributed by atoms with Gasteiger partial charge in [0.25, 0.3) is 0 Å². The molecule has 0 saturated carbocycles. The van der Waals surface area contributed by atoms with Gasteiger partial charge in [-0.2, -0.15) is 0 Å². The number of benzene rings is 1. The quantitative estimate of drug-likeness (QED) is 0.872. The molecule has 1 unspecified atom stereocenters. The summed E-state index contributed by atoms with van der Waals surface area (Å²) in [5, 5.41) is 17.5. The second kappa shape index (κ2) is 7.26. The highest BCUT2D eigenvalue weighted by atomic mass is 32.2. The Morgan fingerprint density at radius 1 is 1.32 bits per heavy atom. The Hall–Kier alpha value is -2.35. The van der Waals surface area contributed by atoms with Gasteiger partial charge in [-0.25, -0.2) is 4.79 Å². The molecule has 132 valence electrons. The molecular formula is C17H20N4O3S. The van der Waals surface area contributed by atoms with E-state index >= 15 is 0 Å². The Kier molecular flexibility index (Phi) is 5.08. The van der Waals surface area contributed by atoms with Crippen molar-refractivity contribution in [1.82, 2.24) is 19.7 Å². The summed E-state index contributed by atoms with van der Waals surface area (Å²) >= 11 is 1.49. The van der Waals surface area contributed by atoms with Gasteiger partial charge in [0, 0.05) is 5.75 Å². The second-order valence-electron chi connectivity index (χ2n) is 6.13. The number of carbonyl (C=O) groups excluding carboxylic acids is 1. The first-order chi connectivity index (χ1) is 12.0. The molecule has 7 nitrogen and oxygen atoms in total. The SMILES string of the molecule is Cc1cccc(CSCC(=O)N2Cc3nnc(C)n3CC2C(=O)O)c1. The summed E-state index contributed by atoms with van der Waals surface area (Å²) in [6.07, 6.45) is 0. The van der Waals surface area contributed by atoms with Crippen LogP contribution in [0.3, 0.4) is 0 Å². The van der Waals surface area contributed by atoms with Crippen LogP contribution in [0.4, 0.5) is 0 Å². The fourth-order valence-electron chi connectivity index (χ4n) is 2.93. The predicted octanol–water partition coefficient (Wildman–Crippen LogP) is 1.62. The van der Waals surface area contributed by atoms with Crippen molar-refractivity contribution in [2.45, 2.75) is 38.7 Å². The molecule has 1 N–H and O–H groups in total. The van der Waals surface area contributed by atoms with E-state index in [1.54, 1.807) is 11.5 Å². The summed E-state index contributed by atoms with van der Waals surface area (Å²) in [6, 6.07) is 7.25. The van der Waals surface area contributed by atoms with Gasteiger partial charge in [0.05, 0.1) is 18.8 Å². The van der Waals surface area contributed by atoms with E-state index in [0.29, 0.717) is 17.4 Å². The van der Waals surface area contributed by atoms with E-state index in [1.165, 1.54) is 22.2 Å². The Labute approximate surface area is 150 Å². The standard InChI is InChI=1S/C17H20N4O3S/c1-11-4-3-5-13(6-11)9-25-10-16(22)21-8-15-19-18-12(2)20(15)7-14(21)17(23)24/h3-6,14H,7-10H2,1-2H3,(H,23,24). The Bertz CT molecular complexity index is 805. The molecule has 0 saturated heterocycles. The molecule has 2 heterocycles. The third-order valence-corrected chi connectivity index (χ3v) is 5.23. The van der Waals surface area contributed by atoms with Crippen LogP contribution in [-0.4, -0.2) is 48.4 Å². The van der Waals surface area contributed by atoms with E-state index in [0.717, 1.165) is 5.56 Å². The largest absolute Gasteiger partial charge is 0.480 e. The smallest absolute Gasteiger partial charge is 0.328 e. The molecule has 0 spiro atoms. The summed E-state index contributed by atoms with van der Waals surface area (Å²) in [5.41, 5.74) is 2.34. The average Bonchev–Trinajstić information content (AvgIpc) is 2.94. The van der Waals surface area contributed by atoms with E-state index in [-0.39, 0.29) is 24.7 Å². The summed E-state index contributed by atoms with van der Waals surface area (Å²) in [6.45, 7) is 4.19. The van der Waals surface area contributed by atoms with Gasteiger partial charge in [0.15, 0.2) is 5.82 Å². The van der Waals surface area contributed by atoms with E-state index < -0.39 is 12.0 Å². The van der Waals surface area contributed by atoms with Gasteiger partial charge in [-0.3, -0.25) is 4.79 Å². The molecule has 3 rings (SSSR count). The summed E-state index contributed by atoms with van der Waals surface area (Å²) < 4.78 is 1.77. The highest BCUT2D eigenvalue weighted by Crippen LogP contribution is 2.20. The van der Waals surface area contributed by atoms with Crippen molar-refractivity contribution < 1.29 is 14.7 Å². The summed E-state index contributed by atoms with van der Waals surface area (Å²) in [7, 11) is 0. The van der Waals surface area contributed by atoms with Crippen molar-refractivity contribution in [3.63, 3.8) is 0 Å². The first-order valence-corrected chi connectivity index (χ1v) is 9.15. The lowest BCUT2D eigenvalue weighted by Gasteiger charge is -2.33. The third-order valence-electron chi connectivity index (χ3n) is 4.24.